The highest BCUT2D eigenvalue weighted by Gasteiger charge is 2.23. The SMILES string of the molecule is CCc1ccc(S(=O)(=O)Nc2n[nH]c(C)c2-c2ccc3c(c2)OCCO3)s1. The summed E-state index contributed by atoms with van der Waals surface area (Å²) in [5, 5.41) is 7.02. The molecule has 2 aromatic heterocycles. The molecule has 0 saturated carbocycles. The Labute approximate surface area is 161 Å². The maximum absolute atomic E-state index is 12.8. The van der Waals surface area contributed by atoms with Crippen molar-refractivity contribution >= 4 is 27.2 Å². The molecular weight excluding hydrogens is 386 g/mol. The lowest BCUT2D eigenvalue weighted by Crippen LogP contribution is -2.15. The van der Waals surface area contributed by atoms with E-state index in [0.29, 0.717) is 30.3 Å². The second kappa shape index (κ2) is 6.90. The molecule has 0 bridgehead atoms. The fourth-order valence-corrected chi connectivity index (χ4v) is 5.24. The number of sulfonamides is 1. The fourth-order valence-electron chi connectivity index (χ4n) is 2.93. The summed E-state index contributed by atoms with van der Waals surface area (Å²) in [5.74, 6) is 1.58. The number of anilines is 1. The van der Waals surface area contributed by atoms with E-state index in [4.69, 9.17) is 9.47 Å². The van der Waals surface area contributed by atoms with E-state index in [1.807, 2.05) is 38.1 Å². The number of aromatic amines is 1. The van der Waals surface area contributed by atoms with Crippen LogP contribution in [-0.2, 0) is 16.4 Å². The van der Waals surface area contributed by atoms with E-state index in [9.17, 15) is 8.42 Å². The first-order chi connectivity index (χ1) is 13.0. The van der Waals surface area contributed by atoms with Gasteiger partial charge < -0.3 is 9.47 Å². The van der Waals surface area contributed by atoms with E-state index in [2.05, 4.69) is 14.9 Å². The molecule has 7 nitrogen and oxygen atoms in total. The number of nitrogens with one attached hydrogen (secondary N) is 2. The van der Waals surface area contributed by atoms with Crippen LogP contribution in [0.15, 0.2) is 34.5 Å². The van der Waals surface area contributed by atoms with Crippen LogP contribution in [0.2, 0.25) is 0 Å². The summed E-state index contributed by atoms with van der Waals surface area (Å²) < 4.78 is 39.6. The van der Waals surface area contributed by atoms with Gasteiger partial charge in [-0.25, -0.2) is 8.42 Å². The molecule has 0 fully saturated rings. The first-order valence-electron chi connectivity index (χ1n) is 8.54. The van der Waals surface area contributed by atoms with Crippen molar-refractivity contribution in [3.8, 4) is 22.6 Å². The molecular formula is C18H19N3O4S2. The van der Waals surface area contributed by atoms with Crippen molar-refractivity contribution in [1.82, 2.24) is 10.2 Å². The largest absolute Gasteiger partial charge is 0.486 e. The van der Waals surface area contributed by atoms with Gasteiger partial charge in [0.15, 0.2) is 17.3 Å². The number of H-pyrrole nitrogens is 1. The highest BCUT2D eigenvalue weighted by Crippen LogP contribution is 2.38. The molecule has 0 radical (unpaired) electrons. The molecule has 0 spiro atoms. The predicted molar refractivity (Wildman–Crippen MR) is 104 cm³/mol. The molecule has 4 rings (SSSR count). The lowest BCUT2D eigenvalue weighted by Gasteiger charge is -2.19. The normalized spacial score (nSPS) is 13.6. The van der Waals surface area contributed by atoms with Crippen molar-refractivity contribution in [2.24, 2.45) is 0 Å². The summed E-state index contributed by atoms with van der Waals surface area (Å²) in [6.07, 6.45) is 0.796. The predicted octanol–water partition coefficient (Wildman–Crippen LogP) is 3.58. The van der Waals surface area contributed by atoms with Crippen molar-refractivity contribution < 1.29 is 17.9 Å². The van der Waals surface area contributed by atoms with E-state index in [1.54, 1.807) is 6.07 Å². The average Bonchev–Trinajstić information content (AvgIpc) is 3.28. The average molecular weight is 406 g/mol. The Hall–Kier alpha value is -2.52. The number of aromatic nitrogens is 2. The van der Waals surface area contributed by atoms with Gasteiger partial charge in [-0.2, -0.15) is 5.10 Å². The fraction of sp³-hybridized carbons (Fsp3) is 0.278. The minimum Gasteiger partial charge on any atom is -0.486 e. The molecule has 0 aliphatic carbocycles. The number of hydrogen-bond donors (Lipinski definition) is 2. The smallest absolute Gasteiger partial charge is 0.272 e. The van der Waals surface area contributed by atoms with Crippen LogP contribution in [-0.4, -0.2) is 31.8 Å². The van der Waals surface area contributed by atoms with Gasteiger partial charge in [-0.15, -0.1) is 11.3 Å². The maximum atomic E-state index is 12.8. The molecule has 3 heterocycles. The van der Waals surface area contributed by atoms with Gasteiger partial charge in [-0.3, -0.25) is 9.82 Å². The third-order valence-corrected chi connectivity index (χ3v) is 7.32. The lowest BCUT2D eigenvalue weighted by molar-refractivity contribution is 0.171. The van der Waals surface area contributed by atoms with Gasteiger partial charge in [-0.1, -0.05) is 13.0 Å². The number of rotatable bonds is 5. The molecule has 1 aromatic carbocycles. The zero-order valence-corrected chi connectivity index (χ0v) is 16.5. The van der Waals surface area contributed by atoms with Crippen LogP contribution in [0.5, 0.6) is 11.5 Å². The molecule has 1 aliphatic heterocycles. The Kier molecular flexibility index (Phi) is 4.56. The van der Waals surface area contributed by atoms with E-state index >= 15 is 0 Å². The van der Waals surface area contributed by atoms with Crippen LogP contribution in [0.3, 0.4) is 0 Å². The summed E-state index contributed by atoms with van der Waals surface area (Å²) >= 11 is 1.26. The number of aryl methyl sites for hydroxylation is 2. The molecule has 9 heteroatoms. The monoisotopic (exact) mass is 405 g/mol. The number of nitrogens with zero attached hydrogens (tertiary/aromatic N) is 1. The molecule has 27 heavy (non-hydrogen) atoms. The number of hydrogen-bond acceptors (Lipinski definition) is 6. The number of ether oxygens (including phenoxy) is 2. The first kappa shape index (κ1) is 17.9. The molecule has 0 unspecified atom stereocenters. The molecule has 0 amide bonds. The maximum Gasteiger partial charge on any atom is 0.272 e. The van der Waals surface area contributed by atoms with Crippen molar-refractivity contribution in [1.29, 1.82) is 0 Å². The van der Waals surface area contributed by atoms with Gasteiger partial charge in [0.05, 0.1) is 0 Å². The third kappa shape index (κ3) is 3.40. The molecule has 2 N–H and O–H groups in total. The summed E-state index contributed by atoms with van der Waals surface area (Å²) in [6.45, 7) is 4.84. The standard InChI is InChI=1S/C18H19N3O4S2/c1-3-13-5-7-16(26-13)27(22,23)21-18-17(11(2)19-20-18)12-4-6-14-15(10-12)25-9-8-24-14/h4-7,10H,3,8-9H2,1-2H3,(H2,19,20,21). The van der Waals surface area contributed by atoms with Gasteiger partial charge in [0.1, 0.15) is 17.4 Å². The van der Waals surface area contributed by atoms with Gasteiger partial charge in [0.25, 0.3) is 10.0 Å². The zero-order valence-electron chi connectivity index (χ0n) is 14.9. The van der Waals surface area contributed by atoms with Gasteiger partial charge in [0, 0.05) is 16.1 Å². The molecule has 3 aromatic rings. The van der Waals surface area contributed by atoms with E-state index in [1.165, 1.54) is 11.3 Å². The van der Waals surface area contributed by atoms with Crippen LogP contribution in [0, 0.1) is 6.92 Å². The summed E-state index contributed by atoms with van der Waals surface area (Å²) in [4.78, 5) is 1.01. The van der Waals surface area contributed by atoms with Crippen LogP contribution >= 0.6 is 11.3 Å². The van der Waals surface area contributed by atoms with Gasteiger partial charge in [0.2, 0.25) is 0 Å². The molecule has 142 valence electrons. The highest BCUT2D eigenvalue weighted by molar-refractivity contribution is 7.94. The Morgan fingerprint density at radius 2 is 1.96 bits per heavy atom. The van der Waals surface area contributed by atoms with Gasteiger partial charge in [-0.05, 0) is 43.2 Å². The van der Waals surface area contributed by atoms with Crippen LogP contribution < -0.4 is 14.2 Å². The summed E-state index contributed by atoms with van der Waals surface area (Å²) in [7, 11) is -3.71. The Bertz CT molecular complexity index is 1090. The van der Waals surface area contributed by atoms with Crippen molar-refractivity contribution in [3.05, 3.63) is 40.9 Å². The lowest BCUT2D eigenvalue weighted by atomic mass is 10.1. The van der Waals surface area contributed by atoms with Gasteiger partial charge >= 0.3 is 0 Å². The Morgan fingerprint density at radius 3 is 2.70 bits per heavy atom. The van der Waals surface area contributed by atoms with Crippen LogP contribution in [0.4, 0.5) is 5.82 Å². The van der Waals surface area contributed by atoms with E-state index in [-0.39, 0.29) is 10.0 Å². The zero-order chi connectivity index (χ0) is 19.0. The number of benzene rings is 1. The molecule has 0 atom stereocenters. The quantitative estimate of drug-likeness (QED) is 0.677. The highest BCUT2D eigenvalue weighted by atomic mass is 32.2. The van der Waals surface area contributed by atoms with Crippen LogP contribution in [0.25, 0.3) is 11.1 Å². The minimum absolute atomic E-state index is 0.260. The second-order valence-electron chi connectivity index (χ2n) is 6.11. The summed E-state index contributed by atoms with van der Waals surface area (Å²) in [6, 6.07) is 8.97. The van der Waals surface area contributed by atoms with Crippen molar-refractivity contribution in [2.75, 3.05) is 17.9 Å². The number of thiophene rings is 1. The second-order valence-corrected chi connectivity index (χ2v) is 9.19. The topological polar surface area (TPSA) is 93.3 Å². The molecule has 1 aliphatic rings. The third-order valence-electron chi connectivity index (χ3n) is 4.26. The summed E-state index contributed by atoms with van der Waals surface area (Å²) in [5.41, 5.74) is 2.23. The van der Waals surface area contributed by atoms with Crippen molar-refractivity contribution in [3.63, 3.8) is 0 Å². The molecule has 0 saturated heterocycles. The Morgan fingerprint density at radius 1 is 1.19 bits per heavy atom. The van der Waals surface area contributed by atoms with E-state index in [0.717, 1.165) is 22.6 Å². The van der Waals surface area contributed by atoms with E-state index < -0.39 is 10.0 Å². The Balaban J connectivity index is 1.70. The first-order valence-corrected chi connectivity index (χ1v) is 10.8. The van der Waals surface area contributed by atoms with Crippen molar-refractivity contribution in [2.45, 2.75) is 24.5 Å². The number of fused-ring (bicyclic) bond motifs is 1. The minimum atomic E-state index is -3.71. The van der Waals surface area contributed by atoms with Crippen LogP contribution in [0.1, 0.15) is 17.5 Å².